The van der Waals surface area contributed by atoms with Crippen LogP contribution < -0.4 is 20.1 Å². The second-order valence-corrected chi connectivity index (χ2v) is 25.2. The van der Waals surface area contributed by atoms with Gasteiger partial charge in [-0.1, -0.05) is 0 Å². The first-order chi connectivity index (χ1) is 18.8. The van der Waals surface area contributed by atoms with Crippen molar-refractivity contribution in [1.29, 1.82) is 0 Å². The molecular weight excluding hydrogens is 649 g/mol. The molecule has 2 amide bonds. The molecule has 0 radical (unpaired) electrons. The topological polar surface area (TPSA) is 184 Å². The normalized spacial score (nSPS) is 11.4. The Labute approximate surface area is 240 Å². The van der Waals surface area contributed by atoms with E-state index in [1.807, 2.05) is 24.3 Å². The average Bonchev–Trinajstić information content (AvgIpc) is 2.85. The van der Waals surface area contributed by atoms with Crippen molar-refractivity contribution < 1.29 is 38.7 Å². The molecule has 0 heterocycles. The minimum atomic E-state index is -2.23. The van der Waals surface area contributed by atoms with E-state index >= 15 is 0 Å². The van der Waals surface area contributed by atoms with E-state index in [1.165, 1.54) is 13.4 Å². The summed E-state index contributed by atoms with van der Waals surface area (Å²) in [5, 5.41) is 24.1. The summed E-state index contributed by atoms with van der Waals surface area (Å²) in [7, 11) is 0. The first-order valence-corrected chi connectivity index (χ1v) is 23.0. The van der Waals surface area contributed by atoms with E-state index in [9.17, 15) is 29.4 Å². The van der Waals surface area contributed by atoms with Crippen LogP contribution in [-0.2, 0) is 28.5 Å². The fourth-order valence-electron chi connectivity index (χ4n) is 3.61. The molecule has 0 spiro atoms. The predicted molar refractivity (Wildman–Crippen MR) is 153 cm³/mol. The van der Waals surface area contributed by atoms with Crippen LogP contribution in [0.25, 0.3) is 0 Å². The SMILES string of the molecule is [CH3][Sn]([CH3])([CH3])[c]1ccc(NC(=O)CN(CCN(CC(=O)O)CC(=O)Nc2ccc(SOON)cc2)CC(=O)O)cc1. The number of carboxylic acids is 2. The van der Waals surface area contributed by atoms with E-state index in [1.54, 1.807) is 24.3 Å². The van der Waals surface area contributed by atoms with Crippen molar-refractivity contribution in [3.8, 4) is 0 Å². The van der Waals surface area contributed by atoms with Gasteiger partial charge in [0.1, 0.15) is 0 Å². The number of nitrogens with one attached hydrogen (secondary N) is 2. The Morgan fingerprint density at radius 3 is 1.57 bits per heavy atom. The van der Waals surface area contributed by atoms with E-state index in [0.717, 1.165) is 12.0 Å². The molecule has 2 rings (SSSR count). The summed E-state index contributed by atoms with van der Waals surface area (Å²) in [6.45, 7) is -1.26. The van der Waals surface area contributed by atoms with E-state index in [0.29, 0.717) is 16.3 Å². The maximum atomic E-state index is 12.6. The van der Waals surface area contributed by atoms with Crippen LogP contribution in [0.15, 0.2) is 53.4 Å². The van der Waals surface area contributed by atoms with Gasteiger partial charge in [0.05, 0.1) is 12.0 Å². The predicted octanol–water partition coefficient (Wildman–Crippen LogP) is 1.41. The quantitative estimate of drug-likeness (QED) is 0.0700. The molecule has 0 aromatic heterocycles. The van der Waals surface area contributed by atoms with Gasteiger partial charge in [-0.05, 0) is 24.3 Å². The third kappa shape index (κ3) is 13.1. The average molecular weight is 684 g/mol. The third-order valence-electron chi connectivity index (χ3n) is 5.53. The van der Waals surface area contributed by atoms with Gasteiger partial charge in [0, 0.05) is 10.6 Å². The molecule has 0 aliphatic carbocycles. The third-order valence-corrected chi connectivity index (χ3v) is 12.0. The molecule has 218 valence electrons. The number of amides is 2. The molecule has 0 saturated carbocycles. The number of nitrogens with zero attached hydrogens (tertiary/aromatic N) is 2. The molecule has 0 aliphatic rings. The number of hydrogen-bond donors (Lipinski definition) is 5. The molecule has 0 saturated heterocycles. The second-order valence-electron chi connectivity index (χ2n) is 9.90. The van der Waals surface area contributed by atoms with Crippen LogP contribution in [0, 0.1) is 0 Å². The first-order valence-electron chi connectivity index (χ1n) is 12.2. The van der Waals surface area contributed by atoms with Crippen molar-refractivity contribution in [3.05, 3.63) is 48.5 Å². The molecule has 15 heteroatoms. The van der Waals surface area contributed by atoms with Crippen molar-refractivity contribution in [1.82, 2.24) is 9.80 Å². The van der Waals surface area contributed by atoms with Crippen LogP contribution in [0.5, 0.6) is 0 Å². The summed E-state index contributed by atoms with van der Waals surface area (Å²) in [4.78, 5) is 62.3. The van der Waals surface area contributed by atoms with Crippen LogP contribution >= 0.6 is 12.0 Å². The molecule has 0 aliphatic heterocycles. The summed E-state index contributed by atoms with van der Waals surface area (Å²) < 4.78 is 5.86. The summed E-state index contributed by atoms with van der Waals surface area (Å²) in [5.74, 6) is 1.64. The molecule has 0 bridgehead atoms. The maximum absolute atomic E-state index is 12.6. The monoisotopic (exact) mass is 685 g/mol. The zero-order valence-corrected chi connectivity index (χ0v) is 26.3. The van der Waals surface area contributed by atoms with Gasteiger partial charge in [-0.3, -0.25) is 9.59 Å². The van der Waals surface area contributed by atoms with Gasteiger partial charge in [-0.15, -0.1) is 9.32 Å². The number of carbonyl (C=O) groups excluding carboxylic acids is 2. The molecule has 2 aromatic carbocycles. The Kier molecular flexibility index (Phi) is 13.8. The van der Waals surface area contributed by atoms with E-state index < -0.39 is 55.2 Å². The number of nitrogens with two attached hydrogens (primary N) is 1. The van der Waals surface area contributed by atoms with Gasteiger partial charge in [0.15, 0.2) is 0 Å². The molecule has 2 aromatic rings. The number of anilines is 2. The van der Waals surface area contributed by atoms with Gasteiger partial charge in [0.2, 0.25) is 5.91 Å². The molecule has 0 fully saturated rings. The summed E-state index contributed by atoms with van der Waals surface area (Å²) in [6, 6.07) is 14.2. The number of hydrogen-bond acceptors (Lipinski definition) is 10. The van der Waals surface area contributed by atoms with E-state index in [2.05, 4.69) is 34.8 Å². The second kappa shape index (κ2) is 16.5. The Morgan fingerprint density at radius 2 is 1.20 bits per heavy atom. The molecule has 40 heavy (non-hydrogen) atoms. The minimum absolute atomic E-state index is 0.0412. The molecule has 6 N–H and O–H groups in total. The van der Waals surface area contributed by atoms with Crippen molar-refractivity contribution in [2.75, 3.05) is 49.9 Å². The molecule has 0 unspecified atom stereocenters. The number of carboxylic acid groups (broad SMARTS) is 2. The van der Waals surface area contributed by atoms with Crippen molar-refractivity contribution in [2.45, 2.75) is 19.7 Å². The number of aliphatic carboxylic acids is 2. The van der Waals surface area contributed by atoms with Crippen LogP contribution in [0.4, 0.5) is 11.4 Å². The number of rotatable bonds is 17. The van der Waals surface area contributed by atoms with Gasteiger partial charge in [0.25, 0.3) is 0 Å². The fourth-order valence-corrected chi connectivity index (χ4v) is 7.30. The van der Waals surface area contributed by atoms with Crippen molar-refractivity contribution in [3.63, 3.8) is 0 Å². The van der Waals surface area contributed by atoms with Crippen LogP contribution in [-0.4, -0.2) is 101 Å². The molecule has 0 atom stereocenters. The van der Waals surface area contributed by atoms with Gasteiger partial charge in [-0.2, -0.15) is 5.90 Å². The van der Waals surface area contributed by atoms with Crippen molar-refractivity contribution in [2.24, 2.45) is 5.90 Å². The Hall–Kier alpha value is -2.73. The van der Waals surface area contributed by atoms with Crippen LogP contribution in [0.1, 0.15) is 0 Å². The molecule has 13 nitrogen and oxygen atoms in total. The Morgan fingerprint density at radius 1 is 0.775 bits per heavy atom. The molecular formula is C25H35N5O8SSn. The number of carbonyl (C=O) groups is 4. The van der Waals surface area contributed by atoms with E-state index in [4.69, 9.17) is 5.90 Å². The zero-order chi connectivity index (χ0) is 29.7. The number of benzene rings is 2. The van der Waals surface area contributed by atoms with Gasteiger partial charge < -0.3 is 10.4 Å². The summed E-state index contributed by atoms with van der Waals surface area (Å²) >= 11 is -1.35. The fraction of sp³-hybridized carbons (Fsp3) is 0.360. The standard InChI is InChI=1S/C22H26N5O8S.3CH3.Sn/c23-34-35-36-18-8-6-17(7-9-18)25-20(29)13-27(15-22(32)33)11-10-26(14-21(30)31)12-19(28)24-16-4-2-1-3-5-16;;;;/h2-9H,10-15,23H2,(H,24,28)(H,25,29)(H,30,31)(H,32,33);3*1H3;. The van der Waals surface area contributed by atoms with E-state index in [-0.39, 0.29) is 26.2 Å². The Bertz CT molecular complexity index is 1150. The van der Waals surface area contributed by atoms with Crippen LogP contribution in [0.3, 0.4) is 0 Å². The summed E-state index contributed by atoms with van der Waals surface area (Å²) in [6.07, 6.45) is 0. The zero-order valence-electron chi connectivity index (χ0n) is 22.6. The summed E-state index contributed by atoms with van der Waals surface area (Å²) in [5.41, 5.74) is 1.08. The van der Waals surface area contributed by atoms with Gasteiger partial charge in [-0.25, -0.2) is 0 Å². The van der Waals surface area contributed by atoms with Crippen molar-refractivity contribution >= 4 is 69.1 Å². The Balaban J connectivity index is 1.96. The van der Waals surface area contributed by atoms with Crippen LogP contribution in [0.2, 0.25) is 14.8 Å². The van der Waals surface area contributed by atoms with Gasteiger partial charge >= 0.3 is 154 Å². The first kappa shape index (κ1) is 33.5.